The molecule has 0 bridgehead atoms. The number of piperazine rings is 1. The van der Waals surface area contributed by atoms with Crippen LogP contribution in [0, 0.1) is 0 Å². The maximum Gasteiger partial charge on any atom is 0.184 e. The Labute approximate surface area is 162 Å². The molecule has 0 amide bonds. The van der Waals surface area contributed by atoms with Crippen molar-refractivity contribution in [3.05, 3.63) is 48.0 Å². The van der Waals surface area contributed by atoms with Crippen LogP contribution in [0.2, 0.25) is 0 Å². The van der Waals surface area contributed by atoms with Gasteiger partial charge in [0.05, 0.1) is 5.54 Å². The second-order valence-electron chi connectivity index (χ2n) is 7.61. The number of benzene rings is 2. The maximum atomic E-state index is 14.0. The first-order chi connectivity index (χ1) is 13.1. The quantitative estimate of drug-likeness (QED) is 0.622. The van der Waals surface area contributed by atoms with Crippen molar-refractivity contribution in [1.82, 2.24) is 10.2 Å². The highest BCUT2D eigenvalue weighted by atomic mass is 16.1. The van der Waals surface area contributed by atoms with Crippen molar-refractivity contribution in [2.24, 2.45) is 11.5 Å². The van der Waals surface area contributed by atoms with E-state index in [9.17, 15) is 4.79 Å². The summed E-state index contributed by atoms with van der Waals surface area (Å²) in [5.74, 6) is 0.198. The molecule has 1 heterocycles. The Hall–Kier alpha value is -1.79. The maximum absolute atomic E-state index is 14.0. The Balaban J connectivity index is 2.05. The van der Waals surface area contributed by atoms with Gasteiger partial charge in [0, 0.05) is 44.3 Å². The lowest BCUT2D eigenvalue weighted by atomic mass is 9.80. The third-order valence-electron chi connectivity index (χ3n) is 5.74. The van der Waals surface area contributed by atoms with Crippen LogP contribution in [0.3, 0.4) is 0 Å². The van der Waals surface area contributed by atoms with Gasteiger partial charge in [0.25, 0.3) is 0 Å². The van der Waals surface area contributed by atoms with Crippen LogP contribution in [0.4, 0.5) is 0 Å². The number of fused-ring (bicyclic) bond motifs is 1. The first-order valence-electron chi connectivity index (χ1n) is 10.1. The van der Waals surface area contributed by atoms with Gasteiger partial charge in [-0.1, -0.05) is 62.2 Å². The number of carbonyl (C=O) groups excluding carboxylic acids is 1. The molecule has 3 rings (SSSR count). The molecule has 27 heavy (non-hydrogen) atoms. The van der Waals surface area contributed by atoms with E-state index in [2.05, 4.69) is 29.3 Å². The number of nitrogens with zero attached hydrogens (tertiary/aromatic N) is 1. The van der Waals surface area contributed by atoms with Crippen LogP contribution in [0.1, 0.15) is 36.5 Å². The lowest BCUT2D eigenvalue weighted by molar-refractivity contribution is 0.0357. The zero-order chi connectivity index (χ0) is 19.3. The molecule has 1 fully saturated rings. The molecule has 0 radical (unpaired) electrons. The third-order valence-corrected chi connectivity index (χ3v) is 5.74. The fraction of sp³-hybridized carbons (Fsp3) is 0.500. The summed E-state index contributed by atoms with van der Waals surface area (Å²) in [6, 6.07) is 14.0. The number of unbranched alkanes of at least 4 members (excludes halogenated alkanes) is 1. The molecule has 146 valence electrons. The fourth-order valence-corrected chi connectivity index (χ4v) is 4.19. The van der Waals surface area contributed by atoms with Gasteiger partial charge in [-0.25, -0.2) is 0 Å². The summed E-state index contributed by atoms with van der Waals surface area (Å²) >= 11 is 0. The minimum atomic E-state index is -0.564. The van der Waals surface area contributed by atoms with Crippen LogP contribution in [-0.2, 0) is 0 Å². The van der Waals surface area contributed by atoms with E-state index in [4.69, 9.17) is 11.5 Å². The number of nitrogens with one attached hydrogen (secondary N) is 1. The summed E-state index contributed by atoms with van der Waals surface area (Å²) in [5, 5.41) is 5.59. The molecule has 0 spiro atoms. The highest BCUT2D eigenvalue weighted by Gasteiger charge is 2.45. The Morgan fingerprint density at radius 1 is 1.26 bits per heavy atom. The van der Waals surface area contributed by atoms with Gasteiger partial charge >= 0.3 is 0 Å². The van der Waals surface area contributed by atoms with Gasteiger partial charge in [-0.3, -0.25) is 9.69 Å². The van der Waals surface area contributed by atoms with Crippen LogP contribution in [0.15, 0.2) is 42.5 Å². The fourth-order valence-electron chi connectivity index (χ4n) is 4.19. The molecule has 2 aromatic carbocycles. The van der Waals surface area contributed by atoms with E-state index >= 15 is 0 Å². The summed E-state index contributed by atoms with van der Waals surface area (Å²) in [4.78, 5) is 16.3. The standard InChI is InChI=1S/C22H32N4O/c1-2-3-11-22(16-25-12-13-26(22)15-18(24)14-23)21(27)20-10-6-8-17-7-4-5-9-19(17)20/h4-10,18,25H,2-3,11-16,23-24H2,1H3/t18?,22-/m0/s1. The summed E-state index contributed by atoms with van der Waals surface area (Å²) in [6.07, 6.45) is 2.89. The number of rotatable bonds is 8. The van der Waals surface area contributed by atoms with E-state index in [1.807, 2.05) is 30.3 Å². The Morgan fingerprint density at radius 3 is 2.81 bits per heavy atom. The summed E-state index contributed by atoms with van der Waals surface area (Å²) < 4.78 is 0. The van der Waals surface area contributed by atoms with Crippen LogP contribution >= 0.6 is 0 Å². The molecule has 1 unspecified atom stereocenters. The molecule has 1 aliphatic heterocycles. The summed E-state index contributed by atoms with van der Waals surface area (Å²) in [5.41, 5.74) is 12.2. The first-order valence-corrected chi connectivity index (χ1v) is 10.1. The second-order valence-corrected chi connectivity index (χ2v) is 7.61. The monoisotopic (exact) mass is 368 g/mol. The SMILES string of the molecule is CCCC[C@@]1(C(=O)c2cccc3ccccc23)CNCCN1CC(N)CN. The van der Waals surface area contributed by atoms with Crippen molar-refractivity contribution in [3.63, 3.8) is 0 Å². The lowest BCUT2D eigenvalue weighted by Crippen LogP contribution is -2.67. The van der Waals surface area contributed by atoms with Crippen LogP contribution < -0.4 is 16.8 Å². The average molecular weight is 369 g/mol. The van der Waals surface area contributed by atoms with E-state index in [0.29, 0.717) is 19.6 Å². The molecule has 1 aliphatic rings. The van der Waals surface area contributed by atoms with Gasteiger partial charge in [-0.05, 0) is 17.2 Å². The molecule has 0 aromatic heterocycles. The van der Waals surface area contributed by atoms with Crippen molar-refractivity contribution in [2.45, 2.75) is 37.8 Å². The Morgan fingerprint density at radius 2 is 2.04 bits per heavy atom. The van der Waals surface area contributed by atoms with Gasteiger partial charge in [-0.15, -0.1) is 0 Å². The van der Waals surface area contributed by atoms with E-state index in [1.54, 1.807) is 0 Å². The van der Waals surface area contributed by atoms with Gasteiger partial charge in [0.2, 0.25) is 0 Å². The number of hydrogen-bond acceptors (Lipinski definition) is 5. The highest BCUT2D eigenvalue weighted by molar-refractivity contribution is 6.12. The minimum Gasteiger partial charge on any atom is -0.329 e. The normalized spacial score (nSPS) is 22.0. The lowest BCUT2D eigenvalue weighted by Gasteiger charge is -2.47. The van der Waals surface area contributed by atoms with E-state index < -0.39 is 5.54 Å². The van der Waals surface area contributed by atoms with Crippen molar-refractivity contribution in [1.29, 1.82) is 0 Å². The summed E-state index contributed by atoms with van der Waals surface area (Å²) in [7, 11) is 0. The Bertz CT molecular complexity index is 773. The third kappa shape index (κ3) is 4.06. The van der Waals surface area contributed by atoms with Crippen molar-refractivity contribution < 1.29 is 4.79 Å². The topological polar surface area (TPSA) is 84.4 Å². The number of nitrogens with two attached hydrogens (primary N) is 2. The van der Waals surface area contributed by atoms with Gasteiger partial charge in [-0.2, -0.15) is 0 Å². The molecule has 0 saturated carbocycles. The van der Waals surface area contributed by atoms with Crippen molar-refractivity contribution in [2.75, 3.05) is 32.7 Å². The van der Waals surface area contributed by atoms with Crippen LogP contribution in [0.25, 0.3) is 10.8 Å². The smallest absolute Gasteiger partial charge is 0.184 e. The minimum absolute atomic E-state index is 0.121. The van der Waals surface area contributed by atoms with Crippen molar-refractivity contribution in [3.8, 4) is 0 Å². The molecule has 2 aromatic rings. The molecule has 5 N–H and O–H groups in total. The number of hydrogen-bond donors (Lipinski definition) is 3. The molecular weight excluding hydrogens is 336 g/mol. The molecule has 5 nitrogen and oxygen atoms in total. The second kappa shape index (κ2) is 8.93. The summed E-state index contributed by atoms with van der Waals surface area (Å²) in [6.45, 7) is 5.59. The van der Waals surface area contributed by atoms with E-state index in [0.717, 1.165) is 48.7 Å². The molecule has 2 atom stereocenters. The van der Waals surface area contributed by atoms with E-state index in [1.165, 1.54) is 0 Å². The molecule has 0 aliphatic carbocycles. The van der Waals surface area contributed by atoms with E-state index in [-0.39, 0.29) is 11.8 Å². The first kappa shape index (κ1) is 20.0. The van der Waals surface area contributed by atoms with Gasteiger partial charge < -0.3 is 16.8 Å². The van der Waals surface area contributed by atoms with Gasteiger partial charge in [0.15, 0.2) is 5.78 Å². The van der Waals surface area contributed by atoms with Crippen molar-refractivity contribution >= 4 is 16.6 Å². The predicted octanol–water partition coefficient (Wildman–Crippen LogP) is 2.14. The molecular formula is C22H32N4O. The average Bonchev–Trinajstić information content (AvgIpc) is 2.72. The number of Topliss-reactive ketones (excluding diaryl/α,β-unsaturated/α-hetero) is 1. The van der Waals surface area contributed by atoms with Crippen LogP contribution in [-0.4, -0.2) is 55.0 Å². The predicted molar refractivity (Wildman–Crippen MR) is 112 cm³/mol. The highest BCUT2D eigenvalue weighted by Crippen LogP contribution is 2.31. The molecule has 5 heteroatoms. The van der Waals surface area contributed by atoms with Crippen LogP contribution in [0.5, 0.6) is 0 Å². The molecule has 1 saturated heterocycles. The zero-order valence-corrected chi connectivity index (χ0v) is 16.3. The zero-order valence-electron chi connectivity index (χ0n) is 16.3. The largest absolute Gasteiger partial charge is 0.329 e. The number of carbonyl (C=O) groups is 1. The van der Waals surface area contributed by atoms with Gasteiger partial charge in [0.1, 0.15) is 0 Å². The Kier molecular flexibility index (Phi) is 6.60. The number of ketones is 1.